The van der Waals surface area contributed by atoms with Gasteiger partial charge < -0.3 is 15.4 Å². The number of ether oxygens (including phenoxy) is 1. The number of rotatable bonds is 8. The lowest BCUT2D eigenvalue weighted by atomic mass is 9.99. The van der Waals surface area contributed by atoms with Gasteiger partial charge in [-0.2, -0.15) is 0 Å². The van der Waals surface area contributed by atoms with Crippen LogP contribution in [0.15, 0.2) is 84.9 Å². The highest BCUT2D eigenvalue weighted by Gasteiger charge is 2.20. The predicted molar refractivity (Wildman–Crippen MR) is 133 cm³/mol. The molecule has 0 saturated heterocycles. The second-order valence-electron chi connectivity index (χ2n) is 7.41. The molecule has 0 bridgehead atoms. The maximum atomic E-state index is 12.5. The van der Waals surface area contributed by atoms with Crippen LogP contribution in [-0.4, -0.2) is 30.9 Å². The van der Waals surface area contributed by atoms with Gasteiger partial charge in [0.2, 0.25) is 0 Å². The summed E-state index contributed by atoms with van der Waals surface area (Å²) < 4.78 is 5.93. The SMILES string of the molecule is O=C(COC(=O)CNC(=O)c1sc2ccccc2c1Cl)NC(c1ccccc1)c1ccccc1. The van der Waals surface area contributed by atoms with Crippen LogP contribution in [0, 0.1) is 0 Å². The first kappa shape index (κ1) is 23.5. The van der Waals surface area contributed by atoms with Gasteiger partial charge in [-0.05, 0) is 17.2 Å². The van der Waals surface area contributed by atoms with Crippen molar-refractivity contribution in [3.05, 3.63) is 106 Å². The monoisotopic (exact) mass is 492 g/mol. The second kappa shape index (κ2) is 11.0. The molecule has 1 aromatic heterocycles. The van der Waals surface area contributed by atoms with Crippen LogP contribution < -0.4 is 10.6 Å². The summed E-state index contributed by atoms with van der Waals surface area (Å²) in [5, 5.41) is 6.52. The number of halogens is 1. The Morgan fingerprint density at radius 2 is 1.44 bits per heavy atom. The van der Waals surface area contributed by atoms with Crippen molar-refractivity contribution in [2.75, 3.05) is 13.2 Å². The van der Waals surface area contributed by atoms with Crippen molar-refractivity contribution in [3.8, 4) is 0 Å². The molecule has 34 heavy (non-hydrogen) atoms. The van der Waals surface area contributed by atoms with Crippen LogP contribution in [-0.2, 0) is 14.3 Å². The minimum Gasteiger partial charge on any atom is -0.454 e. The van der Waals surface area contributed by atoms with Crippen molar-refractivity contribution in [3.63, 3.8) is 0 Å². The first-order valence-corrected chi connectivity index (χ1v) is 11.7. The Bertz CT molecular complexity index is 1270. The van der Waals surface area contributed by atoms with E-state index in [0.717, 1.165) is 21.2 Å². The molecule has 0 atom stereocenters. The number of nitrogens with one attached hydrogen (secondary N) is 2. The van der Waals surface area contributed by atoms with E-state index in [1.807, 2.05) is 84.9 Å². The number of carbonyl (C=O) groups is 3. The van der Waals surface area contributed by atoms with Crippen LogP contribution in [0.1, 0.15) is 26.8 Å². The van der Waals surface area contributed by atoms with Gasteiger partial charge in [-0.15, -0.1) is 11.3 Å². The van der Waals surface area contributed by atoms with Gasteiger partial charge in [0.25, 0.3) is 11.8 Å². The highest BCUT2D eigenvalue weighted by atomic mass is 35.5. The Balaban J connectivity index is 1.31. The molecule has 0 aliphatic heterocycles. The fourth-order valence-corrected chi connectivity index (χ4v) is 4.88. The lowest BCUT2D eigenvalue weighted by Crippen LogP contribution is -2.35. The van der Waals surface area contributed by atoms with E-state index in [4.69, 9.17) is 16.3 Å². The Labute approximate surface area is 205 Å². The number of hydrogen-bond acceptors (Lipinski definition) is 5. The maximum absolute atomic E-state index is 12.5. The van der Waals surface area contributed by atoms with Crippen molar-refractivity contribution >= 4 is 50.8 Å². The third kappa shape index (κ3) is 5.62. The lowest BCUT2D eigenvalue weighted by Gasteiger charge is -2.20. The topological polar surface area (TPSA) is 84.5 Å². The number of esters is 1. The molecule has 0 unspecified atom stereocenters. The van der Waals surface area contributed by atoms with Crippen LogP contribution in [0.5, 0.6) is 0 Å². The van der Waals surface area contributed by atoms with Crippen LogP contribution in [0.2, 0.25) is 5.02 Å². The smallest absolute Gasteiger partial charge is 0.325 e. The van der Waals surface area contributed by atoms with Gasteiger partial charge in [0.05, 0.1) is 11.1 Å². The number of amides is 2. The standard InChI is InChI=1S/C26H21ClN2O4S/c27-23-19-13-7-8-14-20(19)34-25(23)26(32)28-15-22(31)33-16-21(30)29-24(17-9-3-1-4-10-17)18-11-5-2-6-12-18/h1-14,24H,15-16H2,(H,28,32)(H,29,30). The van der Waals surface area contributed by atoms with Crippen LogP contribution in [0.25, 0.3) is 10.1 Å². The average molecular weight is 493 g/mol. The fourth-order valence-electron chi connectivity index (χ4n) is 3.44. The highest BCUT2D eigenvalue weighted by Crippen LogP contribution is 2.34. The van der Waals surface area contributed by atoms with Gasteiger partial charge in [0.15, 0.2) is 6.61 Å². The number of hydrogen-bond donors (Lipinski definition) is 2. The summed E-state index contributed by atoms with van der Waals surface area (Å²) in [7, 11) is 0. The normalized spacial score (nSPS) is 10.8. The quantitative estimate of drug-likeness (QED) is 0.348. The molecule has 6 nitrogen and oxygen atoms in total. The largest absolute Gasteiger partial charge is 0.454 e. The summed E-state index contributed by atoms with van der Waals surface area (Å²) in [5.41, 5.74) is 1.81. The number of fused-ring (bicyclic) bond motifs is 1. The molecule has 4 aromatic rings. The van der Waals surface area contributed by atoms with Gasteiger partial charge in [0, 0.05) is 10.1 Å². The van der Waals surface area contributed by atoms with Gasteiger partial charge in [-0.3, -0.25) is 14.4 Å². The average Bonchev–Trinajstić information content (AvgIpc) is 3.22. The van der Waals surface area contributed by atoms with E-state index < -0.39 is 24.4 Å². The fraction of sp³-hybridized carbons (Fsp3) is 0.115. The summed E-state index contributed by atoms with van der Waals surface area (Å²) in [5.74, 6) is -1.65. The van der Waals surface area contributed by atoms with E-state index in [9.17, 15) is 14.4 Å². The van der Waals surface area contributed by atoms with E-state index in [2.05, 4.69) is 10.6 Å². The van der Waals surface area contributed by atoms with E-state index in [1.54, 1.807) is 0 Å². The summed E-state index contributed by atoms with van der Waals surface area (Å²) in [4.78, 5) is 37.4. The van der Waals surface area contributed by atoms with Crippen molar-refractivity contribution in [2.45, 2.75) is 6.04 Å². The maximum Gasteiger partial charge on any atom is 0.325 e. The molecule has 3 aromatic carbocycles. The van der Waals surface area contributed by atoms with E-state index >= 15 is 0 Å². The van der Waals surface area contributed by atoms with Crippen LogP contribution in [0.4, 0.5) is 0 Å². The molecule has 0 saturated carbocycles. The summed E-state index contributed by atoms with van der Waals surface area (Å²) in [6.45, 7) is -0.841. The molecule has 2 amide bonds. The molecule has 2 N–H and O–H groups in total. The van der Waals surface area contributed by atoms with E-state index in [0.29, 0.717) is 9.90 Å². The lowest BCUT2D eigenvalue weighted by molar-refractivity contribution is -0.147. The molecule has 4 rings (SSSR count). The first-order chi connectivity index (χ1) is 16.5. The molecule has 0 spiro atoms. The highest BCUT2D eigenvalue weighted by molar-refractivity contribution is 7.21. The zero-order valence-corrected chi connectivity index (χ0v) is 19.6. The molecule has 8 heteroatoms. The van der Waals surface area contributed by atoms with Gasteiger partial charge >= 0.3 is 5.97 Å². The first-order valence-electron chi connectivity index (χ1n) is 10.5. The van der Waals surface area contributed by atoms with Crippen molar-refractivity contribution < 1.29 is 19.1 Å². The third-order valence-electron chi connectivity index (χ3n) is 5.07. The molecule has 172 valence electrons. The summed E-state index contributed by atoms with van der Waals surface area (Å²) >= 11 is 7.54. The van der Waals surface area contributed by atoms with Crippen LogP contribution >= 0.6 is 22.9 Å². The second-order valence-corrected chi connectivity index (χ2v) is 8.84. The minimum atomic E-state index is -0.725. The molecule has 0 aliphatic rings. The van der Waals surface area contributed by atoms with Crippen LogP contribution in [0.3, 0.4) is 0 Å². The zero-order valence-electron chi connectivity index (χ0n) is 18.0. The Kier molecular flexibility index (Phi) is 7.57. The molecule has 0 radical (unpaired) electrons. The van der Waals surface area contributed by atoms with Gasteiger partial charge in [-0.25, -0.2) is 0 Å². The van der Waals surface area contributed by atoms with Gasteiger partial charge in [-0.1, -0.05) is 90.5 Å². The summed E-state index contributed by atoms with van der Waals surface area (Å²) in [6.07, 6.45) is 0. The van der Waals surface area contributed by atoms with Crippen molar-refractivity contribution in [2.24, 2.45) is 0 Å². The Morgan fingerprint density at radius 1 is 0.853 bits per heavy atom. The van der Waals surface area contributed by atoms with Crippen molar-refractivity contribution in [1.82, 2.24) is 10.6 Å². The number of thiophene rings is 1. The van der Waals surface area contributed by atoms with E-state index in [1.165, 1.54) is 11.3 Å². The Morgan fingerprint density at radius 3 is 2.06 bits per heavy atom. The molecule has 0 fully saturated rings. The molecule has 0 aliphatic carbocycles. The minimum absolute atomic E-state index is 0.321. The molecule has 1 heterocycles. The van der Waals surface area contributed by atoms with E-state index in [-0.39, 0.29) is 12.6 Å². The number of benzene rings is 3. The number of carbonyl (C=O) groups excluding carboxylic acids is 3. The Hall–Kier alpha value is -3.68. The predicted octanol–water partition coefficient (Wildman–Crippen LogP) is 4.73. The zero-order chi connectivity index (χ0) is 23.9. The third-order valence-corrected chi connectivity index (χ3v) is 6.74. The molecular formula is C26H21ClN2O4S. The van der Waals surface area contributed by atoms with Crippen molar-refractivity contribution in [1.29, 1.82) is 0 Å². The van der Waals surface area contributed by atoms with Gasteiger partial charge in [0.1, 0.15) is 11.4 Å². The summed E-state index contributed by atoms with van der Waals surface area (Å²) in [6, 6.07) is 26.0. The molecular weight excluding hydrogens is 472 g/mol.